The van der Waals surface area contributed by atoms with Gasteiger partial charge in [-0.15, -0.1) is 11.3 Å². The number of ether oxygens (including phenoxy) is 2. The third kappa shape index (κ3) is 5.73. The molecule has 0 radical (unpaired) electrons. The summed E-state index contributed by atoms with van der Waals surface area (Å²) in [4.78, 5) is 41.0. The Kier molecular flexibility index (Phi) is 7.09. The second kappa shape index (κ2) is 10.5. The van der Waals surface area contributed by atoms with Crippen molar-refractivity contribution >= 4 is 28.3 Å². The van der Waals surface area contributed by atoms with E-state index in [4.69, 9.17) is 9.47 Å². The topological polar surface area (TPSA) is 112 Å². The van der Waals surface area contributed by atoms with Crippen molar-refractivity contribution in [3.05, 3.63) is 93.7 Å². The number of nitrogens with one attached hydrogen (secondary N) is 1. The molecule has 9 nitrogen and oxygen atoms in total. The number of nitrogens with zero attached hydrogens (tertiary/aromatic N) is 3. The highest BCUT2D eigenvalue weighted by Crippen LogP contribution is 2.26. The van der Waals surface area contributed by atoms with Gasteiger partial charge >= 0.3 is 5.97 Å². The molecule has 0 atom stereocenters. The minimum Gasteiger partial charge on any atom is -0.497 e. The van der Waals surface area contributed by atoms with Gasteiger partial charge in [-0.25, -0.2) is 14.5 Å². The number of carbonyl (C=O) groups excluding carboxylic acids is 2. The largest absolute Gasteiger partial charge is 0.497 e. The van der Waals surface area contributed by atoms with Crippen LogP contribution in [0.4, 0.5) is 5.13 Å². The van der Waals surface area contributed by atoms with E-state index in [1.54, 1.807) is 7.11 Å². The molecule has 0 aliphatic heterocycles. The first-order chi connectivity index (χ1) is 16.5. The number of anilines is 1. The number of carbonyl (C=O) groups is 2. The van der Waals surface area contributed by atoms with Gasteiger partial charge in [-0.3, -0.25) is 14.9 Å². The highest BCUT2D eigenvalue weighted by atomic mass is 32.1. The molecular formula is C24H20N4O5S. The fraction of sp³-hybridized carbons (Fsp3) is 0.125. The Morgan fingerprint density at radius 2 is 1.79 bits per heavy atom. The van der Waals surface area contributed by atoms with Gasteiger partial charge < -0.3 is 9.47 Å². The summed E-state index contributed by atoms with van der Waals surface area (Å²) in [7, 11) is 1.59. The molecule has 0 aliphatic rings. The van der Waals surface area contributed by atoms with Crippen LogP contribution in [0, 0.1) is 0 Å². The average molecular weight is 477 g/mol. The summed E-state index contributed by atoms with van der Waals surface area (Å²) in [5.41, 5.74) is 2.01. The predicted molar refractivity (Wildman–Crippen MR) is 127 cm³/mol. The van der Waals surface area contributed by atoms with Gasteiger partial charge in [-0.2, -0.15) is 5.10 Å². The van der Waals surface area contributed by atoms with E-state index in [2.05, 4.69) is 15.4 Å². The molecule has 34 heavy (non-hydrogen) atoms. The first-order valence-corrected chi connectivity index (χ1v) is 11.1. The van der Waals surface area contributed by atoms with Gasteiger partial charge in [0.1, 0.15) is 5.75 Å². The first-order valence-electron chi connectivity index (χ1n) is 10.2. The summed E-state index contributed by atoms with van der Waals surface area (Å²) in [5.74, 6) is -0.615. The lowest BCUT2D eigenvalue weighted by atomic mass is 10.2. The number of aromatic nitrogens is 3. The molecular weight excluding hydrogens is 456 g/mol. The van der Waals surface area contributed by atoms with E-state index >= 15 is 0 Å². The van der Waals surface area contributed by atoms with E-state index in [9.17, 15) is 14.4 Å². The fourth-order valence-electron chi connectivity index (χ4n) is 3.01. The number of thiazole rings is 1. The Morgan fingerprint density at radius 3 is 2.53 bits per heavy atom. The number of amides is 1. The molecule has 0 fully saturated rings. The van der Waals surface area contributed by atoms with E-state index in [1.807, 2.05) is 60.0 Å². The number of hydrogen-bond acceptors (Lipinski definition) is 8. The van der Waals surface area contributed by atoms with Crippen LogP contribution in [0.1, 0.15) is 16.1 Å². The second-order valence-electron chi connectivity index (χ2n) is 7.09. The zero-order chi connectivity index (χ0) is 23.9. The zero-order valence-electron chi connectivity index (χ0n) is 18.1. The lowest BCUT2D eigenvalue weighted by Crippen LogP contribution is -2.26. The molecule has 172 valence electrons. The molecule has 4 rings (SSSR count). The number of hydrogen-bond donors (Lipinski definition) is 1. The van der Waals surface area contributed by atoms with Gasteiger partial charge in [0, 0.05) is 17.0 Å². The quantitative estimate of drug-likeness (QED) is 0.389. The van der Waals surface area contributed by atoms with Crippen LogP contribution in [0.3, 0.4) is 0 Å². The van der Waals surface area contributed by atoms with Crippen LogP contribution in [-0.4, -0.2) is 40.4 Å². The van der Waals surface area contributed by atoms with Crippen molar-refractivity contribution < 1.29 is 19.1 Å². The standard InChI is InChI=1S/C24H20N4O5S/c1-32-18-9-7-17(8-10-18)20-15-34-24(25-20)26-21(29)14-33-23(31)19-11-12-22(30)28(27-19)13-16-5-3-2-4-6-16/h2-12,15H,13-14H2,1H3,(H,25,26,29). The molecule has 0 unspecified atom stereocenters. The zero-order valence-corrected chi connectivity index (χ0v) is 19.0. The van der Waals surface area contributed by atoms with Crippen molar-refractivity contribution in [2.24, 2.45) is 0 Å². The number of esters is 1. The van der Waals surface area contributed by atoms with Gasteiger partial charge in [0.05, 0.1) is 19.3 Å². The van der Waals surface area contributed by atoms with E-state index in [1.165, 1.54) is 28.2 Å². The molecule has 0 bridgehead atoms. The smallest absolute Gasteiger partial charge is 0.359 e. The molecule has 0 saturated carbocycles. The molecule has 0 spiro atoms. The summed E-state index contributed by atoms with van der Waals surface area (Å²) in [6.07, 6.45) is 0. The Labute approximate surface area is 198 Å². The lowest BCUT2D eigenvalue weighted by molar-refractivity contribution is -0.119. The molecule has 10 heteroatoms. The van der Waals surface area contributed by atoms with Crippen LogP contribution in [0.5, 0.6) is 5.75 Å². The Hall–Kier alpha value is -4.31. The summed E-state index contributed by atoms with van der Waals surface area (Å²) in [6, 6.07) is 19.1. The summed E-state index contributed by atoms with van der Waals surface area (Å²) in [5, 5.41) is 8.85. The molecule has 1 N–H and O–H groups in total. The predicted octanol–water partition coefficient (Wildman–Crippen LogP) is 3.22. The molecule has 0 saturated heterocycles. The maximum atomic E-state index is 12.4. The van der Waals surface area contributed by atoms with E-state index < -0.39 is 18.5 Å². The van der Waals surface area contributed by atoms with Crippen molar-refractivity contribution in [2.45, 2.75) is 6.54 Å². The molecule has 1 amide bonds. The van der Waals surface area contributed by atoms with Crippen molar-refractivity contribution in [1.82, 2.24) is 14.8 Å². The average Bonchev–Trinajstić information content (AvgIpc) is 3.33. The van der Waals surface area contributed by atoms with Crippen LogP contribution in [0.2, 0.25) is 0 Å². The number of benzene rings is 2. The third-order valence-electron chi connectivity index (χ3n) is 4.72. The van der Waals surface area contributed by atoms with Crippen molar-refractivity contribution in [2.75, 3.05) is 19.0 Å². The van der Waals surface area contributed by atoms with E-state index in [0.29, 0.717) is 10.8 Å². The fourth-order valence-corrected chi connectivity index (χ4v) is 3.75. The monoisotopic (exact) mass is 476 g/mol. The molecule has 0 aliphatic carbocycles. The first kappa shape index (κ1) is 22.9. The minimum absolute atomic E-state index is 0.0700. The summed E-state index contributed by atoms with van der Waals surface area (Å²) >= 11 is 1.25. The number of methoxy groups -OCH3 is 1. The summed E-state index contributed by atoms with van der Waals surface area (Å²) in [6.45, 7) is -0.308. The number of rotatable bonds is 8. The lowest BCUT2D eigenvalue weighted by Gasteiger charge is -2.07. The Balaban J connectivity index is 1.33. The van der Waals surface area contributed by atoms with Crippen LogP contribution >= 0.6 is 11.3 Å². The summed E-state index contributed by atoms with van der Waals surface area (Å²) < 4.78 is 11.4. The van der Waals surface area contributed by atoms with Gasteiger partial charge in [0.15, 0.2) is 17.4 Å². The highest BCUT2D eigenvalue weighted by molar-refractivity contribution is 7.14. The van der Waals surface area contributed by atoms with Crippen molar-refractivity contribution in [1.29, 1.82) is 0 Å². The van der Waals surface area contributed by atoms with Gasteiger partial charge in [0.25, 0.3) is 11.5 Å². The van der Waals surface area contributed by atoms with Crippen LogP contribution in [0.15, 0.2) is 76.9 Å². The maximum Gasteiger partial charge on any atom is 0.359 e. The highest BCUT2D eigenvalue weighted by Gasteiger charge is 2.15. The Morgan fingerprint density at radius 1 is 1.03 bits per heavy atom. The Bertz CT molecular complexity index is 1350. The van der Waals surface area contributed by atoms with Crippen molar-refractivity contribution in [3.8, 4) is 17.0 Å². The SMILES string of the molecule is COc1ccc(-c2csc(NC(=O)COC(=O)c3ccc(=O)n(Cc4ccccc4)n3)n2)cc1. The maximum absolute atomic E-state index is 12.4. The van der Waals surface area contributed by atoms with Gasteiger partial charge in [-0.05, 0) is 35.9 Å². The molecule has 4 aromatic rings. The van der Waals surface area contributed by atoms with Crippen molar-refractivity contribution in [3.63, 3.8) is 0 Å². The van der Waals surface area contributed by atoms with Crippen LogP contribution < -0.4 is 15.6 Å². The van der Waals surface area contributed by atoms with E-state index in [-0.39, 0.29) is 17.8 Å². The second-order valence-corrected chi connectivity index (χ2v) is 7.95. The van der Waals surface area contributed by atoms with Crippen LogP contribution in [-0.2, 0) is 16.1 Å². The van der Waals surface area contributed by atoms with Gasteiger partial charge in [0.2, 0.25) is 0 Å². The minimum atomic E-state index is -0.810. The normalized spacial score (nSPS) is 10.5. The molecule has 2 aromatic carbocycles. The van der Waals surface area contributed by atoms with E-state index in [0.717, 1.165) is 16.9 Å². The van der Waals surface area contributed by atoms with Gasteiger partial charge in [-0.1, -0.05) is 30.3 Å². The molecule has 2 aromatic heterocycles. The van der Waals surface area contributed by atoms with Crippen LogP contribution in [0.25, 0.3) is 11.3 Å². The third-order valence-corrected chi connectivity index (χ3v) is 5.48. The molecule has 2 heterocycles.